The summed E-state index contributed by atoms with van der Waals surface area (Å²) in [6.45, 7) is 4.46. The molecule has 2 aromatic heterocycles. The van der Waals surface area contributed by atoms with E-state index in [0.717, 1.165) is 29.5 Å². The molecule has 0 atom stereocenters. The summed E-state index contributed by atoms with van der Waals surface area (Å²) < 4.78 is 2.47. The maximum Gasteiger partial charge on any atom is 0.164 e. The van der Waals surface area contributed by atoms with Crippen molar-refractivity contribution in [2.45, 2.75) is 26.7 Å². The van der Waals surface area contributed by atoms with E-state index in [2.05, 4.69) is 152 Å². The highest BCUT2D eigenvalue weighted by Gasteiger charge is 2.18. The molecule has 0 bridgehead atoms. The fourth-order valence-electron chi connectivity index (χ4n) is 9.24. The molecule has 10 aromatic rings. The molecule has 290 valence electrons. The maximum atomic E-state index is 5.06. The van der Waals surface area contributed by atoms with Crippen LogP contribution in [0.2, 0.25) is 0 Å². The van der Waals surface area contributed by atoms with Crippen LogP contribution in [0, 0.1) is 0 Å². The van der Waals surface area contributed by atoms with Crippen LogP contribution in [0.25, 0.3) is 106 Å². The molecule has 8 aromatic carbocycles. The van der Waals surface area contributed by atoms with Gasteiger partial charge in [0.25, 0.3) is 0 Å². The molecule has 1 aliphatic carbocycles. The summed E-state index contributed by atoms with van der Waals surface area (Å²) >= 11 is 0. The lowest BCUT2D eigenvalue weighted by atomic mass is 9.91. The van der Waals surface area contributed by atoms with E-state index in [1.807, 2.05) is 60.7 Å². The zero-order valence-corrected chi connectivity index (χ0v) is 34.2. The normalized spacial score (nSPS) is 13.7. The minimum Gasteiger partial charge on any atom is -0.310 e. The molecule has 0 N–H and O–H groups in total. The molecule has 4 heteroatoms. The van der Waals surface area contributed by atoms with Crippen molar-refractivity contribution in [3.05, 3.63) is 204 Å². The Hall–Kier alpha value is -7.69. The average Bonchev–Trinajstić information content (AvgIpc) is 3.68. The average molecular weight is 783 g/mol. The van der Waals surface area contributed by atoms with Crippen LogP contribution in [0.3, 0.4) is 0 Å². The third-order valence-corrected chi connectivity index (χ3v) is 12.2. The van der Waals surface area contributed by atoms with E-state index in [0.29, 0.717) is 17.5 Å². The van der Waals surface area contributed by atoms with Gasteiger partial charge in [-0.3, -0.25) is 0 Å². The Labute approximate surface area is 354 Å². The van der Waals surface area contributed by atoms with Gasteiger partial charge in [0.05, 0.1) is 10.9 Å². The van der Waals surface area contributed by atoms with Crippen LogP contribution in [-0.2, 0) is 0 Å². The highest BCUT2D eigenvalue weighted by Crippen LogP contribution is 2.38. The van der Waals surface area contributed by atoms with Gasteiger partial charge in [-0.1, -0.05) is 170 Å². The molecule has 0 unspecified atom stereocenters. The molecule has 0 amide bonds. The van der Waals surface area contributed by atoms with E-state index in [4.69, 9.17) is 15.0 Å². The second kappa shape index (κ2) is 15.2. The molecule has 0 aliphatic heterocycles. The highest BCUT2D eigenvalue weighted by atomic mass is 15.0. The van der Waals surface area contributed by atoms with Crippen LogP contribution in [0.15, 0.2) is 188 Å². The second-order valence-electron chi connectivity index (χ2n) is 15.8. The fraction of sp³-hybridized carbons (Fsp3) is 0.0702. The van der Waals surface area contributed by atoms with Crippen LogP contribution < -0.4 is 10.6 Å². The first-order valence-electron chi connectivity index (χ1n) is 21.1. The van der Waals surface area contributed by atoms with Gasteiger partial charge in [-0.15, -0.1) is 0 Å². The van der Waals surface area contributed by atoms with Gasteiger partial charge in [0, 0.05) is 33.0 Å². The molecule has 0 radical (unpaired) electrons. The molecular formula is C57H42N4. The number of rotatable bonds is 6. The van der Waals surface area contributed by atoms with Crippen molar-refractivity contribution >= 4 is 60.6 Å². The Bertz CT molecular complexity index is 3450. The summed E-state index contributed by atoms with van der Waals surface area (Å²) in [6, 6.07) is 60.5. The van der Waals surface area contributed by atoms with E-state index >= 15 is 0 Å². The highest BCUT2D eigenvalue weighted by molar-refractivity contribution is 6.26. The van der Waals surface area contributed by atoms with Gasteiger partial charge in [0.1, 0.15) is 0 Å². The summed E-state index contributed by atoms with van der Waals surface area (Å²) in [4.78, 5) is 15.1. The number of benzene rings is 8. The maximum absolute atomic E-state index is 5.06. The summed E-state index contributed by atoms with van der Waals surface area (Å²) in [5.41, 5.74) is 10.2. The first kappa shape index (κ1) is 36.4. The van der Waals surface area contributed by atoms with E-state index in [1.165, 1.54) is 81.7 Å². The molecule has 4 nitrogen and oxygen atoms in total. The minimum absolute atomic E-state index is 0.650. The largest absolute Gasteiger partial charge is 0.310 e. The van der Waals surface area contributed by atoms with Gasteiger partial charge in [0.15, 0.2) is 17.5 Å². The minimum atomic E-state index is 0.650. The fourth-order valence-corrected chi connectivity index (χ4v) is 9.24. The molecule has 0 fully saturated rings. The first-order valence-corrected chi connectivity index (χ1v) is 21.1. The van der Waals surface area contributed by atoms with Crippen molar-refractivity contribution < 1.29 is 0 Å². The monoisotopic (exact) mass is 782 g/mol. The SMILES string of the molecule is C/C=c1\c(=C(/C)c2ccc3c4ccc(-c5nc(-c6ccccc6)nc(-c6ccccc6)n5)cc4c4ccccc4c3c2)c2ccc(-c3ccccc3)cc2n1C1=CCCC=C1. The van der Waals surface area contributed by atoms with Crippen molar-refractivity contribution in [2.24, 2.45) is 0 Å². The lowest BCUT2D eigenvalue weighted by Gasteiger charge is -2.14. The molecule has 0 saturated heterocycles. The summed E-state index contributed by atoms with van der Waals surface area (Å²) in [5, 5.41) is 11.0. The number of hydrogen-bond donors (Lipinski definition) is 0. The lowest BCUT2D eigenvalue weighted by Crippen LogP contribution is -2.30. The Morgan fingerprint density at radius 1 is 0.475 bits per heavy atom. The van der Waals surface area contributed by atoms with E-state index in [1.54, 1.807) is 0 Å². The van der Waals surface area contributed by atoms with Gasteiger partial charge in [0.2, 0.25) is 0 Å². The molecule has 0 saturated carbocycles. The number of allylic oxidation sites excluding steroid dienone is 4. The van der Waals surface area contributed by atoms with E-state index < -0.39 is 0 Å². The summed E-state index contributed by atoms with van der Waals surface area (Å²) in [6.07, 6.45) is 11.4. The Balaban J connectivity index is 1.11. The van der Waals surface area contributed by atoms with Crippen LogP contribution >= 0.6 is 0 Å². The van der Waals surface area contributed by atoms with E-state index in [9.17, 15) is 0 Å². The van der Waals surface area contributed by atoms with Crippen molar-refractivity contribution in [1.82, 2.24) is 19.5 Å². The second-order valence-corrected chi connectivity index (χ2v) is 15.8. The molecule has 0 spiro atoms. The predicted molar refractivity (Wildman–Crippen MR) is 256 cm³/mol. The topological polar surface area (TPSA) is 43.6 Å². The van der Waals surface area contributed by atoms with Crippen LogP contribution in [0.5, 0.6) is 0 Å². The van der Waals surface area contributed by atoms with Gasteiger partial charge < -0.3 is 4.57 Å². The number of fused-ring (bicyclic) bond motifs is 7. The van der Waals surface area contributed by atoms with Gasteiger partial charge in [-0.05, 0) is 106 Å². The molecule has 1 aliphatic rings. The van der Waals surface area contributed by atoms with Gasteiger partial charge >= 0.3 is 0 Å². The lowest BCUT2D eigenvalue weighted by molar-refractivity contribution is 0.999. The smallest absolute Gasteiger partial charge is 0.164 e. The molecular weight excluding hydrogens is 741 g/mol. The third kappa shape index (κ3) is 6.36. The summed E-state index contributed by atoms with van der Waals surface area (Å²) in [5.74, 6) is 1.96. The number of hydrogen-bond acceptors (Lipinski definition) is 3. The standard InChI is InChI=1S/C57H42N4/c1-3-52-54(49-33-29-42(38-18-8-4-9-19-38)36-53(49)61(52)44-24-14-7-15-25-44)37(2)41-28-31-47-48-32-30-43(35-51(48)46-27-17-16-26-45(46)50(47)34-41)57-59-55(39-20-10-5-11-21-39)58-56(60-57)40-22-12-6-13-23-40/h3-6,8-14,16-36H,7,15H2,1-2H3/b52-3+,54-37+. The molecule has 11 rings (SSSR count). The van der Waals surface area contributed by atoms with Crippen LogP contribution in [0.1, 0.15) is 32.3 Å². The van der Waals surface area contributed by atoms with Gasteiger partial charge in [-0.25, -0.2) is 15.0 Å². The van der Waals surface area contributed by atoms with Crippen LogP contribution in [-0.4, -0.2) is 19.5 Å². The van der Waals surface area contributed by atoms with Crippen molar-refractivity contribution in [1.29, 1.82) is 0 Å². The number of aromatic nitrogens is 4. The zero-order chi connectivity index (χ0) is 40.9. The van der Waals surface area contributed by atoms with Gasteiger partial charge in [-0.2, -0.15) is 0 Å². The number of nitrogens with zero attached hydrogens (tertiary/aromatic N) is 4. The van der Waals surface area contributed by atoms with Crippen molar-refractivity contribution in [3.63, 3.8) is 0 Å². The Kier molecular flexibility index (Phi) is 9.05. The van der Waals surface area contributed by atoms with E-state index in [-0.39, 0.29) is 0 Å². The molecule has 2 heterocycles. The summed E-state index contributed by atoms with van der Waals surface area (Å²) in [7, 11) is 0. The van der Waals surface area contributed by atoms with Crippen LogP contribution in [0.4, 0.5) is 0 Å². The zero-order valence-electron chi connectivity index (χ0n) is 34.2. The quantitative estimate of drug-likeness (QED) is 0.158. The predicted octanol–water partition coefficient (Wildman–Crippen LogP) is 13.2. The van der Waals surface area contributed by atoms with Crippen molar-refractivity contribution in [2.75, 3.05) is 0 Å². The Morgan fingerprint density at radius 3 is 1.61 bits per heavy atom. The molecule has 61 heavy (non-hydrogen) atoms. The van der Waals surface area contributed by atoms with Crippen molar-refractivity contribution in [3.8, 4) is 45.3 Å². The Morgan fingerprint density at radius 2 is 1.00 bits per heavy atom. The first-order chi connectivity index (χ1) is 30.1. The third-order valence-electron chi connectivity index (χ3n) is 12.2.